The summed E-state index contributed by atoms with van der Waals surface area (Å²) in [6, 6.07) is 6.45. The number of benzene rings is 1. The lowest BCUT2D eigenvalue weighted by atomic mass is 10.0. The first-order valence-electron chi connectivity index (χ1n) is 6.69. The summed E-state index contributed by atoms with van der Waals surface area (Å²) in [6.07, 6.45) is 1.57. The minimum absolute atomic E-state index is 0.173. The maximum atomic E-state index is 10.6. The summed E-state index contributed by atoms with van der Waals surface area (Å²) >= 11 is 1.64. The van der Waals surface area contributed by atoms with Crippen LogP contribution in [0.15, 0.2) is 18.2 Å². The van der Waals surface area contributed by atoms with Gasteiger partial charge in [-0.2, -0.15) is 0 Å². The second-order valence-electron chi connectivity index (χ2n) is 5.12. The van der Waals surface area contributed by atoms with Crippen LogP contribution in [0.25, 0.3) is 0 Å². The summed E-state index contributed by atoms with van der Waals surface area (Å²) in [5.41, 5.74) is 4.79. The largest absolute Gasteiger partial charge is 0.481 e. The topological polar surface area (TPSA) is 50.2 Å². The van der Waals surface area contributed by atoms with Gasteiger partial charge in [0, 0.05) is 11.3 Å². The molecule has 0 amide bonds. The first kappa shape index (κ1) is 14.7. The number of nitrogens with zero attached hydrogens (tertiary/aromatic N) is 1. The molecule has 20 heavy (non-hydrogen) atoms. The average molecular weight is 289 g/mol. The fourth-order valence-corrected chi connectivity index (χ4v) is 3.26. The molecule has 1 heterocycles. The van der Waals surface area contributed by atoms with E-state index in [1.165, 1.54) is 16.7 Å². The predicted octanol–water partition coefficient (Wildman–Crippen LogP) is 3.68. The molecular weight excluding hydrogens is 270 g/mol. The summed E-state index contributed by atoms with van der Waals surface area (Å²) in [4.78, 5) is 16.3. The van der Waals surface area contributed by atoms with Crippen LogP contribution >= 0.6 is 11.3 Å². The van der Waals surface area contributed by atoms with Crippen LogP contribution in [0, 0.1) is 20.8 Å². The Morgan fingerprint density at radius 2 is 2.05 bits per heavy atom. The number of thiazole rings is 1. The van der Waals surface area contributed by atoms with Crippen molar-refractivity contribution >= 4 is 17.3 Å². The number of carboxylic acids is 1. The van der Waals surface area contributed by atoms with Crippen molar-refractivity contribution in [3.8, 4) is 0 Å². The second kappa shape index (κ2) is 6.18. The molecule has 2 rings (SSSR count). The normalized spacial score (nSPS) is 10.8. The summed E-state index contributed by atoms with van der Waals surface area (Å²) in [5.74, 6) is -0.756. The fourth-order valence-electron chi connectivity index (χ4n) is 2.17. The highest BCUT2D eigenvalue weighted by atomic mass is 32.1. The van der Waals surface area contributed by atoms with Crippen molar-refractivity contribution in [3.63, 3.8) is 0 Å². The van der Waals surface area contributed by atoms with Crippen molar-refractivity contribution in [3.05, 3.63) is 50.5 Å². The van der Waals surface area contributed by atoms with Gasteiger partial charge >= 0.3 is 5.97 Å². The van der Waals surface area contributed by atoms with Crippen molar-refractivity contribution in [1.29, 1.82) is 0 Å². The van der Waals surface area contributed by atoms with Crippen LogP contribution in [0.2, 0.25) is 0 Å². The van der Waals surface area contributed by atoms with Crippen LogP contribution in [0.1, 0.15) is 38.7 Å². The zero-order chi connectivity index (χ0) is 14.7. The van der Waals surface area contributed by atoms with E-state index in [2.05, 4.69) is 37.0 Å². The number of aromatic nitrogens is 1. The van der Waals surface area contributed by atoms with E-state index in [1.54, 1.807) is 11.3 Å². The van der Waals surface area contributed by atoms with Crippen molar-refractivity contribution in [2.24, 2.45) is 0 Å². The van der Waals surface area contributed by atoms with Crippen LogP contribution in [-0.4, -0.2) is 16.1 Å². The highest BCUT2D eigenvalue weighted by Gasteiger charge is 2.11. The summed E-state index contributed by atoms with van der Waals surface area (Å²) in [7, 11) is 0. The molecule has 1 aromatic heterocycles. The first-order valence-corrected chi connectivity index (χ1v) is 7.50. The number of hydrogen-bond acceptors (Lipinski definition) is 3. The Labute approximate surface area is 123 Å². The van der Waals surface area contributed by atoms with E-state index in [4.69, 9.17) is 5.11 Å². The molecule has 1 aromatic carbocycles. The van der Waals surface area contributed by atoms with E-state index < -0.39 is 5.97 Å². The monoisotopic (exact) mass is 289 g/mol. The third kappa shape index (κ3) is 3.67. The predicted molar refractivity (Wildman–Crippen MR) is 81.5 cm³/mol. The SMILES string of the molecule is Cc1ccc(C)c(Cc2nc(C)c(CCC(=O)O)s2)c1. The average Bonchev–Trinajstić information content (AvgIpc) is 2.72. The molecule has 0 saturated heterocycles. The van der Waals surface area contributed by atoms with E-state index in [-0.39, 0.29) is 6.42 Å². The maximum Gasteiger partial charge on any atom is 0.303 e. The van der Waals surface area contributed by atoms with Gasteiger partial charge in [0.25, 0.3) is 0 Å². The third-order valence-electron chi connectivity index (χ3n) is 3.35. The lowest BCUT2D eigenvalue weighted by molar-refractivity contribution is -0.136. The molecule has 0 saturated carbocycles. The number of rotatable bonds is 5. The van der Waals surface area contributed by atoms with Crippen molar-refractivity contribution in [2.45, 2.75) is 40.0 Å². The van der Waals surface area contributed by atoms with Gasteiger partial charge in [0.2, 0.25) is 0 Å². The van der Waals surface area contributed by atoms with Crippen molar-refractivity contribution < 1.29 is 9.90 Å². The molecule has 2 aromatic rings. The Kier molecular flexibility index (Phi) is 4.55. The van der Waals surface area contributed by atoms with Crippen LogP contribution in [0.3, 0.4) is 0 Å². The molecule has 4 heteroatoms. The molecule has 0 fully saturated rings. The van der Waals surface area contributed by atoms with Gasteiger partial charge in [-0.15, -0.1) is 11.3 Å². The number of carboxylic acid groups (broad SMARTS) is 1. The van der Waals surface area contributed by atoms with Crippen molar-refractivity contribution in [2.75, 3.05) is 0 Å². The van der Waals surface area contributed by atoms with Gasteiger partial charge in [-0.05, 0) is 38.3 Å². The van der Waals surface area contributed by atoms with E-state index in [0.717, 1.165) is 22.0 Å². The van der Waals surface area contributed by atoms with Gasteiger partial charge in [0.05, 0.1) is 17.1 Å². The molecule has 0 bridgehead atoms. The standard InChI is InChI=1S/C16H19NO2S/c1-10-4-5-11(2)13(8-10)9-15-17-12(3)14(20-15)6-7-16(18)19/h4-5,8H,6-7,9H2,1-3H3,(H,18,19). The molecule has 3 nitrogen and oxygen atoms in total. The maximum absolute atomic E-state index is 10.6. The lowest BCUT2D eigenvalue weighted by Crippen LogP contribution is -1.96. The smallest absolute Gasteiger partial charge is 0.303 e. The molecule has 1 N–H and O–H groups in total. The zero-order valence-corrected chi connectivity index (χ0v) is 12.9. The van der Waals surface area contributed by atoms with Crippen LogP contribution < -0.4 is 0 Å². The van der Waals surface area contributed by atoms with Gasteiger partial charge in [0.1, 0.15) is 0 Å². The van der Waals surface area contributed by atoms with E-state index in [1.807, 2.05) is 6.92 Å². The van der Waals surface area contributed by atoms with Gasteiger partial charge in [-0.25, -0.2) is 4.98 Å². The van der Waals surface area contributed by atoms with Gasteiger partial charge < -0.3 is 5.11 Å². The van der Waals surface area contributed by atoms with Crippen molar-refractivity contribution in [1.82, 2.24) is 4.98 Å². The molecule has 106 valence electrons. The van der Waals surface area contributed by atoms with E-state index in [9.17, 15) is 4.79 Å². The third-order valence-corrected chi connectivity index (χ3v) is 4.57. The number of aliphatic carboxylic acids is 1. The highest BCUT2D eigenvalue weighted by Crippen LogP contribution is 2.23. The van der Waals surface area contributed by atoms with Gasteiger partial charge in [0.15, 0.2) is 0 Å². The number of hydrogen-bond donors (Lipinski definition) is 1. The summed E-state index contributed by atoms with van der Waals surface area (Å²) in [6.45, 7) is 6.16. The minimum Gasteiger partial charge on any atom is -0.481 e. The molecular formula is C16H19NO2S. The minimum atomic E-state index is -0.756. The quantitative estimate of drug-likeness (QED) is 0.913. The summed E-state index contributed by atoms with van der Waals surface area (Å²) in [5, 5.41) is 9.83. The van der Waals surface area contributed by atoms with Gasteiger partial charge in [-0.1, -0.05) is 23.8 Å². The van der Waals surface area contributed by atoms with Crippen LogP contribution in [-0.2, 0) is 17.6 Å². The molecule has 0 atom stereocenters. The molecule has 0 radical (unpaired) electrons. The second-order valence-corrected chi connectivity index (χ2v) is 6.28. The number of aryl methyl sites for hydroxylation is 4. The highest BCUT2D eigenvalue weighted by molar-refractivity contribution is 7.11. The number of carbonyl (C=O) groups is 1. The lowest BCUT2D eigenvalue weighted by Gasteiger charge is -2.04. The Hall–Kier alpha value is -1.68. The molecule has 0 aliphatic heterocycles. The Bertz CT molecular complexity index is 631. The van der Waals surface area contributed by atoms with Gasteiger partial charge in [-0.3, -0.25) is 4.79 Å². The zero-order valence-electron chi connectivity index (χ0n) is 12.1. The van der Waals surface area contributed by atoms with E-state index in [0.29, 0.717) is 6.42 Å². The van der Waals surface area contributed by atoms with E-state index >= 15 is 0 Å². The Balaban J connectivity index is 2.16. The molecule has 0 aliphatic rings. The fraction of sp³-hybridized carbons (Fsp3) is 0.375. The summed E-state index contributed by atoms with van der Waals surface area (Å²) < 4.78 is 0. The molecule has 0 aliphatic carbocycles. The Morgan fingerprint density at radius 3 is 2.75 bits per heavy atom. The molecule has 0 unspecified atom stereocenters. The van der Waals surface area contributed by atoms with Crippen LogP contribution in [0.4, 0.5) is 0 Å². The van der Waals surface area contributed by atoms with Crippen LogP contribution in [0.5, 0.6) is 0 Å². The Morgan fingerprint density at radius 1 is 1.30 bits per heavy atom. The first-order chi connectivity index (χ1) is 9.45. The molecule has 0 spiro atoms.